The Morgan fingerprint density at radius 2 is 1.93 bits per heavy atom. The van der Waals surface area contributed by atoms with Crippen LogP contribution in [-0.4, -0.2) is 53.3 Å². The fraction of sp³-hybridized carbons (Fsp3) is 0.364. The fourth-order valence-corrected chi connectivity index (χ4v) is 3.80. The molecule has 2 aromatic carbocycles. The summed E-state index contributed by atoms with van der Waals surface area (Å²) in [7, 11) is 1.36. The van der Waals surface area contributed by atoms with E-state index in [0.717, 1.165) is 5.56 Å². The van der Waals surface area contributed by atoms with Crippen molar-refractivity contribution in [2.24, 2.45) is 5.41 Å². The van der Waals surface area contributed by atoms with E-state index in [4.69, 9.17) is 4.74 Å². The number of benzene rings is 2. The van der Waals surface area contributed by atoms with Crippen LogP contribution in [0.15, 0.2) is 48.5 Å². The van der Waals surface area contributed by atoms with Gasteiger partial charge in [-0.3, -0.25) is 9.59 Å². The molecule has 154 valence electrons. The third-order valence-corrected chi connectivity index (χ3v) is 5.57. The number of rotatable bonds is 6. The van der Waals surface area contributed by atoms with Crippen LogP contribution in [0.4, 0.5) is 4.39 Å². The summed E-state index contributed by atoms with van der Waals surface area (Å²) >= 11 is 0. The molecule has 0 saturated carbocycles. The number of nitrogens with zero attached hydrogens (tertiary/aromatic N) is 1. The van der Waals surface area contributed by atoms with Gasteiger partial charge in [-0.2, -0.15) is 0 Å². The number of carboxylic acid groups (broad SMARTS) is 1. The van der Waals surface area contributed by atoms with Crippen LogP contribution in [0.3, 0.4) is 0 Å². The summed E-state index contributed by atoms with van der Waals surface area (Å²) in [6.07, 6.45) is -0.908. The van der Waals surface area contributed by atoms with Gasteiger partial charge in [0.2, 0.25) is 5.91 Å². The predicted molar refractivity (Wildman–Crippen MR) is 104 cm³/mol. The van der Waals surface area contributed by atoms with Crippen molar-refractivity contribution in [3.8, 4) is 5.75 Å². The second kappa shape index (κ2) is 8.61. The number of halogens is 1. The Morgan fingerprint density at radius 3 is 2.52 bits per heavy atom. The van der Waals surface area contributed by atoms with Gasteiger partial charge in [0.05, 0.1) is 19.6 Å². The lowest BCUT2D eigenvalue weighted by molar-refractivity contribution is -0.165. The molecule has 0 spiro atoms. The van der Waals surface area contributed by atoms with E-state index < -0.39 is 23.3 Å². The van der Waals surface area contributed by atoms with Gasteiger partial charge in [0.1, 0.15) is 5.41 Å². The third-order valence-electron chi connectivity index (χ3n) is 5.57. The number of β-amino-alcohol motifs (C(OH)–C–C–N with tert-alkyl or cyclic N) is 1. The van der Waals surface area contributed by atoms with E-state index >= 15 is 0 Å². The smallest absolute Gasteiger partial charge is 0.312 e. The van der Waals surface area contributed by atoms with Gasteiger partial charge in [0, 0.05) is 13.1 Å². The minimum absolute atomic E-state index is 0.0353. The molecule has 0 unspecified atom stereocenters. The number of carboxylic acids is 1. The number of piperidine rings is 1. The van der Waals surface area contributed by atoms with Crippen LogP contribution in [0, 0.1) is 11.2 Å². The van der Waals surface area contributed by atoms with Crippen molar-refractivity contribution in [2.75, 3.05) is 20.2 Å². The van der Waals surface area contributed by atoms with Crippen molar-refractivity contribution in [1.82, 2.24) is 4.90 Å². The van der Waals surface area contributed by atoms with Gasteiger partial charge in [-0.1, -0.05) is 36.4 Å². The molecule has 0 aromatic heterocycles. The fourth-order valence-electron chi connectivity index (χ4n) is 3.80. The van der Waals surface area contributed by atoms with Crippen LogP contribution in [-0.2, 0) is 22.4 Å². The first-order chi connectivity index (χ1) is 13.9. The van der Waals surface area contributed by atoms with E-state index in [9.17, 15) is 24.2 Å². The molecule has 1 aliphatic heterocycles. The van der Waals surface area contributed by atoms with Crippen LogP contribution < -0.4 is 4.74 Å². The zero-order chi connectivity index (χ0) is 21.0. The number of carbonyl (C=O) groups excluding carboxylic acids is 1. The Morgan fingerprint density at radius 1 is 1.21 bits per heavy atom. The molecule has 29 heavy (non-hydrogen) atoms. The lowest BCUT2D eigenvalue weighted by Crippen LogP contribution is -2.57. The minimum atomic E-state index is -1.34. The highest BCUT2D eigenvalue weighted by Gasteiger charge is 2.49. The average Bonchev–Trinajstić information content (AvgIpc) is 2.70. The Bertz CT molecular complexity index is 888. The number of amides is 1. The predicted octanol–water partition coefficient (Wildman–Crippen LogP) is 2.28. The molecule has 1 aliphatic rings. The van der Waals surface area contributed by atoms with E-state index in [2.05, 4.69) is 0 Å². The van der Waals surface area contributed by atoms with Crippen LogP contribution >= 0.6 is 0 Å². The highest BCUT2D eigenvalue weighted by Crippen LogP contribution is 2.36. The Balaban J connectivity index is 1.70. The lowest BCUT2D eigenvalue weighted by atomic mass is 9.71. The summed E-state index contributed by atoms with van der Waals surface area (Å²) in [4.78, 5) is 26.1. The molecule has 2 N–H and O–H groups in total. The van der Waals surface area contributed by atoms with Gasteiger partial charge in [-0.25, -0.2) is 4.39 Å². The van der Waals surface area contributed by atoms with E-state index in [1.807, 2.05) is 30.3 Å². The topological polar surface area (TPSA) is 87.1 Å². The molecule has 1 fully saturated rings. The van der Waals surface area contributed by atoms with Gasteiger partial charge < -0.3 is 19.8 Å². The van der Waals surface area contributed by atoms with Gasteiger partial charge >= 0.3 is 5.97 Å². The number of aliphatic hydroxyl groups is 1. The molecule has 0 aliphatic carbocycles. The van der Waals surface area contributed by atoms with Crippen LogP contribution in [0.1, 0.15) is 17.5 Å². The quantitative estimate of drug-likeness (QED) is 0.776. The molecule has 1 amide bonds. The van der Waals surface area contributed by atoms with E-state index in [1.54, 1.807) is 6.07 Å². The first-order valence-electron chi connectivity index (χ1n) is 9.41. The van der Waals surface area contributed by atoms with Crippen molar-refractivity contribution in [1.29, 1.82) is 0 Å². The number of likely N-dealkylation sites (tertiary alicyclic amines) is 1. The van der Waals surface area contributed by atoms with Crippen LogP contribution in [0.5, 0.6) is 5.75 Å². The van der Waals surface area contributed by atoms with Crippen molar-refractivity contribution in [3.63, 3.8) is 0 Å². The molecular formula is C22H24FNO5. The van der Waals surface area contributed by atoms with E-state index in [0.29, 0.717) is 5.56 Å². The summed E-state index contributed by atoms with van der Waals surface area (Å²) in [5.41, 5.74) is -0.0331. The maximum absolute atomic E-state index is 13.8. The molecule has 2 atom stereocenters. The largest absolute Gasteiger partial charge is 0.494 e. The molecule has 0 bridgehead atoms. The molecule has 3 rings (SSSR count). The average molecular weight is 401 g/mol. The second-order valence-electron chi connectivity index (χ2n) is 7.37. The number of aliphatic hydroxyl groups excluding tert-OH is 1. The Hall–Kier alpha value is -2.93. The van der Waals surface area contributed by atoms with Gasteiger partial charge in [-0.15, -0.1) is 0 Å². The molecule has 2 aromatic rings. The summed E-state index contributed by atoms with van der Waals surface area (Å²) in [5, 5.41) is 20.5. The highest BCUT2D eigenvalue weighted by molar-refractivity contribution is 5.80. The zero-order valence-electron chi connectivity index (χ0n) is 16.2. The summed E-state index contributed by atoms with van der Waals surface area (Å²) in [5.74, 6) is -1.81. The molecule has 0 radical (unpaired) electrons. The summed E-state index contributed by atoms with van der Waals surface area (Å²) in [6, 6.07) is 13.5. The number of aliphatic carboxylic acids is 1. The van der Waals surface area contributed by atoms with E-state index in [-0.39, 0.29) is 44.0 Å². The molecule has 1 saturated heterocycles. The van der Waals surface area contributed by atoms with Gasteiger partial charge in [0.25, 0.3) is 0 Å². The number of carbonyl (C=O) groups is 2. The van der Waals surface area contributed by atoms with Crippen molar-refractivity contribution >= 4 is 11.9 Å². The zero-order valence-corrected chi connectivity index (χ0v) is 16.2. The van der Waals surface area contributed by atoms with Crippen molar-refractivity contribution in [2.45, 2.75) is 25.4 Å². The monoisotopic (exact) mass is 401 g/mol. The van der Waals surface area contributed by atoms with Crippen LogP contribution in [0.2, 0.25) is 0 Å². The Labute approximate surface area is 168 Å². The number of ether oxygens (including phenoxy) is 1. The standard InChI is InChI=1S/C22H24FNO5/c1-29-18-8-7-16(11-17(18)23)12-20(26)24-10-9-22(21(27)28,19(25)14-24)13-15-5-3-2-4-6-15/h2-8,11,19,25H,9-10,12-14H2,1H3,(H,27,28)/t19-,22+/m0/s1. The lowest BCUT2D eigenvalue weighted by Gasteiger charge is -2.43. The van der Waals surface area contributed by atoms with E-state index in [1.165, 1.54) is 24.1 Å². The summed E-state index contributed by atoms with van der Waals surface area (Å²) < 4.78 is 18.7. The Kier molecular flexibility index (Phi) is 6.17. The SMILES string of the molecule is COc1ccc(CC(=O)N2CC[C@](Cc3ccccc3)(C(=O)O)[C@@H](O)C2)cc1F. The molecule has 1 heterocycles. The number of hydrogen-bond acceptors (Lipinski definition) is 4. The number of hydrogen-bond donors (Lipinski definition) is 2. The third kappa shape index (κ3) is 4.40. The van der Waals surface area contributed by atoms with Crippen molar-refractivity contribution in [3.05, 3.63) is 65.5 Å². The van der Waals surface area contributed by atoms with Gasteiger partial charge in [-0.05, 0) is 36.1 Å². The molecular weight excluding hydrogens is 377 g/mol. The summed E-state index contributed by atoms with van der Waals surface area (Å²) in [6.45, 7) is 0.143. The van der Waals surface area contributed by atoms with Crippen LogP contribution in [0.25, 0.3) is 0 Å². The maximum atomic E-state index is 13.8. The number of methoxy groups -OCH3 is 1. The minimum Gasteiger partial charge on any atom is -0.494 e. The van der Waals surface area contributed by atoms with Gasteiger partial charge in [0.15, 0.2) is 11.6 Å². The first-order valence-corrected chi connectivity index (χ1v) is 9.41. The second-order valence-corrected chi connectivity index (χ2v) is 7.37. The molecule has 6 nitrogen and oxygen atoms in total. The normalized spacial score (nSPS) is 21.6. The van der Waals surface area contributed by atoms with Crippen molar-refractivity contribution < 1.29 is 28.9 Å². The maximum Gasteiger partial charge on any atom is 0.312 e. The first kappa shape index (κ1) is 20.8. The molecule has 7 heteroatoms. The highest BCUT2D eigenvalue weighted by atomic mass is 19.1.